The largest absolute Gasteiger partial charge is 0.353 e. The monoisotopic (exact) mass is 257 g/mol. The topological polar surface area (TPSA) is 29.1 Å². The smallest absolute Gasteiger partial charge is 0.243 e. The number of carbonyl (C=O) groups is 1. The molecule has 0 atom stereocenters. The first-order valence-electron chi connectivity index (χ1n) is 7.35. The van der Waals surface area contributed by atoms with Crippen LogP contribution in [0.5, 0.6) is 0 Å². The van der Waals surface area contributed by atoms with Crippen LogP contribution in [0.1, 0.15) is 44.1 Å². The van der Waals surface area contributed by atoms with Gasteiger partial charge in [-0.2, -0.15) is 0 Å². The van der Waals surface area contributed by atoms with E-state index in [2.05, 4.69) is 5.32 Å². The lowest BCUT2D eigenvalue weighted by molar-refractivity contribution is -0.116. The lowest BCUT2D eigenvalue weighted by Crippen LogP contribution is -2.24. The number of benzene rings is 1. The summed E-state index contributed by atoms with van der Waals surface area (Å²) in [7, 11) is 0. The molecule has 0 saturated heterocycles. The van der Waals surface area contributed by atoms with Crippen molar-refractivity contribution in [3.63, 3.8) is 0 Å². The van der Waals surface area contributed by atoms with Crippen molar-refractivity contribution in [2.24, 2.45) is 5.92 Å². The van der Waals surface area contributed by atoms with Crippen molar-refractivity contribution in [3.8, 4) is 0 Å². The van der Waals surface area contributed by atoms with Crippen LogP contribution in [0.15, 0.2) is 36.4 Å². The van der Waals surface area contributed by atoms with E-state index in [1.807, 2.05) is 36.4 Å². The molecule has 0 bridgehead atoms. The van der Waals surface area contributed by atoms with Gasteiger partial charge in [-0.05, 0) is 24.0 Å². The highest BCUT2D eigenvalue weighted by atomic mass is 16.1. The molecule has 0 radical (unpaired) electrons. The Balaban J connectivity index is 1.65. The molecule has 1 fully saturated rings. The first kappa shape index (κ1) is 13.9. The summed E-state index contributed by atoms with van der Waals surface area (Å²) in [5.74, 6) is 0.840. The number of hydrogen-bond donors (Lipinski definition) is 1. The van der Waals surface area contributed by atoms with Crippen LogP contribution in [0, 0.1) is 5.92 Å². The minimum Gasteiger partial charge on any atom is -0.353 e. The van der Waals surface area contributed by atoms with Crippen molar-refractivity contribution in [1.82, 2.24) is 5.32 Å². The molecule has 1 aliphatic carbocycles. The molecule has 102 valence electrons. The van der Waals surface area contributed by atoms with Crippen molar-refractivity contribution >= 4 is 12.0 Å². The molecule has 1 amide bonds. The fourth-order valence-electron chi connectivity index (χ4n) is 2.67. The number of hydrogen-bond acceptors (Lipinski definition) is 1. The van der Waals surface area contributed by atoms with Crippen LogP contribution >= 0.6 is 0 Å². The molecule has 1 aliphatic rings. The molecular weight excluding hydrogens is 234 g/mol. The van der Waals surface area contributed by atoms with Gasteiger partial charge in [0.05, 0.1) is 0 Å². The second-order valence-corrected chi connectivity index (χ2v) is 5.33. The number of carbonyl (C=O) groups excluding carboxylic acids is 1. The maximum Gasteiger partial charge on any atom is 0.243 e. The summed E-state index contributed by atoms with van der Waals surface area (Å²) >= 11 is 0. The average Bonchev–Trinajstić information content (AvgIpc) is 2.47. The minimum absolute atomic E-state index is 0.0136. The fraction of sp³-hybridized carbons (Fsp3) is 0.471. The minimum atomic E-state index is 0.0136. The molecule has 1 N–H and O–H groups in total. The van der Waals surface area contributed by atoms with Gasteiger partial charge in [-0.3, -0.25) is 4.79 Å². The average molecular weight is 257 g/mol. The van der Waals surface area contributed by atoms with Crippen LogP contribution in [0.4, 0.5) is 0 Å². The summed E-state index contributed by atoms with van der Waals surface area (Å²) in [5, 5.41) is 2.97. The summed E-state index contributed by atoms with van der Waals surface area (Å²) < 4.78 is 0. The summed E-state index contributed by atoms with van der Waals surface area (Å²) in [6, 6.07) is 9.90. The second kappa shape index (κ2) is 7.78. The lowest BCUT2D eigenvalue weighted by Gasteiger charge is -2.21. The van der Waals surface area contributed by atoms with Crippen LogP contribution in [0.3, 0.4) is 0 Å². The van der Waals surface area contributed by atoms with Crippen LogP contribution in [-0.2, 0) is 4.79 Å². The Hall–Kier alpha value is -1.57. The van der Waals surface area contributed by atoms with Crippen LogP contribution in [0.2, 0.25) is 0 Å². The first-order chi connectivity index (χ1) is 9.34. The van der Waals surface area contributed by atoms with Crippen LogP contribution < -0.4 is 5.32 Å². The maximum absolute atomic E-state index is 11.7. The van der Waals surface area contributed by atoms with Crippen molar-refractivity contribution in [1.29, 1.82) is 0 Å². The third-order valence-electron chi connectivity index (χ3n) is 3.80. The molecule has 0 heterocycles. The van der Waals surface area contributed by atoms with Crippen LogP contribution in [-0.4, -0.2) is 12.5 Å². The van der Waals surface area contributed by atoms with Gasteiger partial charge in [0, 0.05) is 12.6 Å². The van der Waals surface area contributed by atoms with E-state index in [1.54, 1.807) is 6.08 Å². The summed E-state index contributed by atoms with van der Waals surface area (Å²) in [6.07, 6.45) is 11.4. The van der Waals surface area contributed by atoms with Gasteiger partial charge in [0.25, 0.3) is 0 Å². The molecule has 0 spiro atoms. The highest BCUT2D eigenvalue weighted by molar-refractivity contribution is 5.91. The van der Waals surface area contributed by atoms with E-state index in [-0.39, 0.29) is 5.91 Å². The summed E-state index contributed by atoms with van der Waals surface area (Å²) in [4.78, 5) is 11.7. The molecule has 19 heavy (non-hydrogen) atoms. The highest BCUT2D eigenvalue weighted by Crippen LogP contribution is 2.25. The van der Waals surface area contributed by atoms with Crippen LogP contribution in [0.25, 0.3) is 6.08 Å². The molecule has 1 saturated carbocycles. The standard InChI is InChI=1S/C17H23NO/c19-17(12-11-15-7-3-1-4-8-15)18-14-13-16-9-5-2-6-10-16/h1,3-4,7-8,11-12,16H,2,5-6,9-10,13-14H2,(H,18,19)/b12-11+. The van der Waals surface area contributed by atoms with Gasteiger partial charge >= 0.3 is 0 Å². The third-order valence-corrected chi connectivity index (χ3v) is 3.80. The molecule has 2 rings (SSSR count). The van der Waals surface area contributed by atoms with Gasteiger partial charge in [0.2, 0.25) is 5.91 Å². The number of rotatable bonds is 5. The molecule has 2 nitrogen and oxygen atoms in total. The molecule has 1 aromatic rings. The Kier molecular flexibility index (Phi) is 5.67. The van der Waals surface area contributed by atoms with E-state index in [0.29, 0.717) is 0 Å². The van der Waals surface area contributed by atoms with Gasteiger partial charge in [0.15, 0.2) is 0 Å². The quantitative estimate of drug-likeness (QED) is 0.799. The summed E-state index contributed by atoms with van der Waals surface area (Å²) in [5.41, 5.74) is 1.06. The van der Waals surface area contributed by atoms with E-state index in [9.17, 15) is 4.79 Å². The predicted molar refractivity (Wildman–Crippen MR) is 79.7 cm³/mol. The molecule has 0 unspecified atom stereocenters. The predicted octanol–water partition coefficient (Wildman–Crippen LogP) is 3.79. The second-order valence-electron chi connectivity index (χ2n) is 5.33. The third kappa shape index (κ3) is 5.29. The van der Waals surface area contributed by atoms with Gasteiger partial charge < -0.3 is 5.32 Å². The zero-order valence-corrected chi connectivity index (χ0v) is 11.5. The zero-order valence-electron chi connectivity index (χ0n) is 11.5. The Morgan fingerprint density at radius 3 is 2.63 bits per heavy atom. The fourth-order valence-corrected chi connectivity index (χ4v) is 2.67. The molecule has 1 aromatic carbocycles. The number of amides is 1. The SMILES string of the molecule is O=C(/C=C/c1ccccc1)NCCC1CCCCC1. The Labute approximate surface area is 115 Å². The number of nitrogens with one attached hydrogen (secondary N) is 1. The van der Waals surface area contributed by atoms with Gasteiger partial charge in [-0.1, -0.05) is 62.4 Å². The van der Waals surface area contributed by atoms with Gasteiger partial charge in [-0.25, -0.2) is 0 Å². The van der Waals surface area contributed by atoms with Gasteiger partial charge in [0.1, 0.15) is 0 Å². The normalized spacial score (nSPS) is 16.6. The van der Waals surface area contributed by atoms with Crippen molar-refractivity contribution < 1.29 is 4.79 Å². The van der Waals surface area contributed by atoms with Crippen molar-refractivity contribution in [2.75, 3.05) is 6.54 Å². The lowest BCUT2D eigenvalue weighted by atomic mass is 9.87. The Morgan fingerprint density at radius 1 is 1.16 bits per heavy atom. The van der Waals surface area contributed by atoms with Crippen molar-refractivity contribution in [3.05, 3.63) is 42.0 Å². The van der Waals surface area contributed by atoms with E-state index in [0.717, 1.165) is 24.4 Å². The summed E-state index contributed by atoms with van der Waals surface area (Å²) in [6.45, 7) is 0.808. The van der Waals surface area contributed by atoms with Gasteiger partial charge in [-0.15, -0.1) is 0 Å². The molecule has 0 aromatic heterocycles. The maximum atomic E-state index is 11.7. The molecular formula is C17H23NO. The van der Waals surface area contributed by atoms with Crippen molar-refractivity contribution in [2.45, 2.75) is 38.5 Å². The first-order valence-corrected chi connectivity index (χ1v) is 7.35. The molecule has 0 aliphatic heterocycles. The zero-order chi connectivity index (χ0) is 13.3. The Morgan fingerprint density at radius 2 is 1.89 bits per heavy atom. The van der Waals surface area contributed by atoms with E-state index >= 15 is 0 Å². The molecule has 2 heteroatoms. The van der Waals surface area contributed by atoms with E-state index in [1.165, 1.54) is 32.1 Å². The highest BCUT2D eigenvalue weighted by Gasteiger charge is 2.12. The Bertz CT molecular complexity index is 405. The van der Waals surface area contributed by atoms with E-state index < -0.39 is 0 Å². The van der Waals surface area contributed by atoms with E-state index in [4.69, 9.17) is 0 Å².